The summed E-state index contributed by atoms with van der Waals surface area (Å²) in [5.74, 6) is -1.47. The fourth-order valence-corrected chi connectivity index (χ4v) is 1.05. The van der Waals surface area contributed by atoms with Gasteiger partial charge in [-0.25, -0.2) is 8.78 Å². The van der Waals surface area contributed by atoms with E-state index in [9.17, 15) is 8.78 Å². The molecule has 0 aliphatic rings. The first-order chi connectivity index (χ1) is 6.66. The lowest BCUT2D eigenvalue weighted by Crippen LogP contribution is -1.87. The van der Waals surface area contributed by atoms with E-state index in [-0.39, 0.29) is 5.95 Å². The van der Waals surface area contributed by atoms with Crippen molar-refractivity contribution in [2.45, 2.75) is 0 Å². The second kappa shape index (κ2) is 3.06. The van der Waals surface area contributed by atoms with Crippen LogP contribution in [0.25, 0.3) is 11.4 Å². The van der Waals surface area contributed by atoms with E-state index in [0.29, 0.717) is 11.4 Å². The summed E-state index contributed by atoms with van der Waals surface area (Å²) in [4.78, 5) is 3.77. The fourth-order valence-electron chi connectivity index (χ4n) is 1.05. The van der Waals surface area contributed by atoms with Gasteiger partial charge in [-0.1, -0.05) is 0 Å². The van der Waals surface area contributed by atoms with Crippen LogP contribution in [-0.2, 0) is 0 Å². The Hall–Kier alpha value is -1.98. The van der Waals surface area contributed by atoms with E-state index < -0.39 is 11.6 Å². The molecule has 0 amide bonds. The number of hydrogen-bond donors (Lipinski definition) is 2. The molecule has 14 heavy (non-hydrogen) atoms. The highest BCUT2D eigenvalue weighted by Gasteiger charge is 2.07. The van der Waals surface area contributed by atoms with Crippen LogP contribution in [0.15, 0.2) is 18.2 Å². The number of H-pyrrole nitrogens is 1. The maximum absolute atomic E-state index is 12.8. The molecule has 2 rings (SSSR count). The minimum atomic E-state index is -0.933. The Balaban J connectivity index is 2.47. The van der Waals surface area contributed by atoms with Gasteiger partial charge in [0.25, 0.3) is 0 Å². The second-order valence-corrected chi connectivity index (χ2v) is 2.67. The minimum Gasteiger partial charge on any atom is -0.366 e. The van der Waals surface area contributed by atoms with E-state index in [1.807, 2.05) is 0 Å². The Labute approximate surface area is 77.8 Å². The molecule has 0 bridgehead atoms. The van der Waals surface area contributed by atoms with Gasteiger partial charge in [0.1, 0.15) is 0 Å². The highest BCUT2D eigenvalue weighted by atomic mass is 19.2. The number of nitrogens with two attached hydrogens (primary N) is 1. The molecule has 0 aliphatic carbocycles. The molecular formula is C8H6F2N4. The predicted octanol–water partition coefficient (Wildman–Crippen LogP) is 1.33. The molecule has 6 heteroatoms. The van der Waals surface area contributed by atoms with Crippen LogP contribution in [0.5, 0.6) is 0 Å². The molecule has 1 aromatic carbocycles. The highest BCUT2D eigenvalue weighted by molar-refractivity contribution is 5.55. The van der Waals surface area contributed by atoms with Crippen molar-refractivity contribution in [3.8, 4) is 11.4 Å². The molecule has 2 aromatic rings. The van der Waals surface area contributed by atoms with Gasteiger partial charge in [-0.15, -0.1) is 5.10 Å². The summed E-state index contributed by atoms with van der Waals surface area (Å²) in [6.45, 7) is 0. The maximum atomic E-state index is 12.8. The normalized spacial score (nSPS) is 10.4. The lowest BCUT2D eigenvalue weighted by Gasteiger charge is -1.96. The monoisotopic (exact) mass is 196 g/mol. The number of nitrogens with zero attached hydrogens (tertiary/aromatic N) is 2. The molecular weight excluding hydrogens is 190 g/mol. The molecule has 0 unspecified atom stereocenters. The van der Waals surface area contributed by atoms with Gasteiger partial charge in [-0.05, 0) is 18.2 Å². The Morgan fingerprint density at radius 3 is 2.57 bits per heavy atom. The number of anilines is 1. The van der Waals surface area contributed by atoms with Crippen molar-refractivity contribution in [3.63, 3.8) is 0 Å². The molecule has 1 heterocycles. The molecule has 0 radical (unpaired) electrons. The molecule has 0 atom stereocenters. The van der Waals surface area contributed by atoms with Crippen LogP contribution in [0.4, 0.5) is 14.7 Å². The standard InChI is InChI=1S/C8H6F2N4/c9-5-2-1-4(3-6(5)10)7-12-8(11)14-13-7/h1-3H,(H3,11,12,13,14). The molecule has 3 N–H and O–H groups in total. The number of hydrogen-bond acceptors (Lipinski definition) is 3. The van der Waals surface area contributed by atoms with Crippen LogP contribution in [0, 0.1) is 11.6 Å². The molecule has 4 nitrogen and oxygen atoms in total. The van der Waals surface area contributed by atoms with Crippen molar-refractivity contribution in [2.24, 2.45) is 0 Å². The van der Waals surface area contributed by atoms with E-state index in [2.05, 4.69) is 15.2 Å². The van der Waals surface area contributed by atoms with Gasteiger partial charge in [0, 0.05) is 5.56 Å². The first-order valence-corrected chi connectivity index (χ1v) is 3.80. The first-order valence-electron chi connectivity index (χ1n) is 3.80. The number of nitrogen functional groups attached to an aromatic ring is 1. The third-order valence-corrected chi connectivity index (χ3v) is 1.70. The fraction of sp³-hybridized carbons (Fsp3) is 0. The van der Waals surface area contributed by atoms with Crippen molar-refractivity contribution in [3.05, 3.63) is 29.8 Å². The lowest BCUT2D eigenvalue weighted by molar-refractivity contribution is 0.509. The van der Waals surface area contributed by atoms with Crippen LogP contribution in [0.3, 0.4) is 0 Å². The topological polar surface area (TPSA) is 67.6 Å². The van der Waals surface area contributed by atoms with Crippen molar-refractivity contribution in [1.29, 1.82) is 0 Å². The van der Waals surface area contributed by atoms with Crippen molar-refractivity contribution in [2.75, 3.05) is 5.73 Å². The van der Waals surface area contributed by atoms with Gasteiger partial charge in [-0.2, -0.15) is 4.98 Å². The minimum absolute atomic E-state index is 0.0599. The van der Waals surface area contributed by atoms with Crippen molar-refractivity contribution in [1.82, 2.24) is 15.2 Å². The summed E-state index contributed by atoms with van der Waals surface area (Å²) in [6, 6.07) is 3.43. The Bertz CT molecular complexity index is 466. The average Bonchev–Trinajstić information content (AvgIpc) is 2.57. The molecule has 72 valence electrons. The zero-order chi connectivity index (χ0) is 10.1. The van der Waals surface area contributed by atoms with Gasteiger partial charge in [-0.3, -0.25) is 5.10 Å². The Morgan fingerprint density at radius 2 is 2.00 bits per heavy atom. The number of aromatic amines is 1. The van der Waals surface area contributed by atoms with Gasteiger partial charge < -0.3 is 5.73 Å². The quantitative estimate of drug-likeness (QED) is 0.723. The van der Waals surface area contributed by atoms with Gasteiger partial charge >= 0.3 is 0 Å². The van der Waals surface area contributed by atoms with Crippen LogP contribution in [0.2, 0.25) is 0 Å². The summed E-state index contributed by atoms with van der Waals surface area (Å²) < 4.78 is 25.4. The second-order valence-electron chi connectivity index (χ2n) is 2.67. The van der Waals surface area contributed by atoms with Crippen molar-refractivity contribution >= 4 is 5.95 Å². The summed E-state index contributed by atoms with van der Waals surface area (Å²) in [5, 5.41) is 6.06. The largest absolute Gasteiger partial charge is 0.366 e. The van der Waals surface area contributed by atoms with Gasteiger partial charge in [0.2, 0.25) is 5.95 Å². The van der Waals surface area contributed by atoms with Crippen LogP contribution >= 0.6 is 0 Å². The van der Waals surface area contributed by atoms with E-state index in [1.165, 1.54) is 6.07 Å². The molecule has 0 aliphatic heterocycles. The molecule has 0 saturated carbocycles. The number of nitrogens with one attached hydrogen (secondary N) is 1. The van der Waals surface area contributed by atoms with E-state index >= 15 is 0 Å². The van der Waals surface area contributed by atoms with Crippen molar-refractivity contribution < 1.29 is 8.78 Å². The first kappa shape index (κ1) is 8.61. The third kappa shape index (κ3) is 1.41. The molecule has 0 fully saturated rings. The van der Waals surface area contributed by atoms with E-state index in [1.54, 1.807) is 0 Å². The molecule has 0 spiro atoms. The zero-order valence-electron chi connectivity index (χ0n) is 6.96. The SMILES string of the molecule is Nc1n[nH]c(-c2ccc(F)c(F)c2)n1. The Kier molecular flexibility index (Phi) is 1.88. The van der Waals surface area contributed by atoms with Gasteiger partial charge in [0.15, 0.2) is 17.5 Å². The average molecular weight is 196 g/mol. The number of benzene rings is 1. The maximum Gasteiger partial charge on any atom is 0.239 e. The van der Waals surface area contributed by atoms with Gasteiger partial charge in [0.05, 0.1) is 0 Å². The predicted molar refractivity (Wildman–Crippen MR) is 46.1 cm³/mol. The zero-order valence-corrected chi connectivity index (χ0v) is 6.96. The summed E-state index contributed by atoms with van der Waals surface area (Å²) in [7, 11) is 0. The summed E-state index contributed by atoms with van der Waals surface area (Å²) >= 11 is 0. The summed E-state index contributed by atoms with van der Waals surface area (Å²) in [6.07, 6.45) is 0. The molecule has 0 saturated heterocycles. The third-order valence-electron chi connectivity index (χ3n) is 1.70. The number of halogens is 2. The van der Waals surface area contributed by atoms with Crippen LogP contribution in [0.1, 0.15) is 0 Å². The number of aromatic nitrogens is 3. The van der Waals surface area contributed by atoms with E-state index in [4.69, 9.17) is 5.73 Å². The summed E-state index contributed by atoms with van der Waals surface area (Å²) in [5.41, 5.74) is 5.66. The Morgan fingerprint density at radius 1 is 1.21 bits per heavy atom. The van der Waals surface area contributed by atoms with Crippen LogP contribution in [-0.4, -0.2) is 15.2 Å². The lowest BCUT2D eigenvalue weighted by atomic mass is 10.2. The van der Waals surface area contributed by atoms with E-state index in [0.717, 1.165) is 12.1 Å². The number of rotatable bonds is 1. The van der Waals surface area contributed by atoms with Crippen LogP contribution < -0.4 is 5.73 Å². The smallest absolute Gasteiger partial charge is 0.239 e. The highest BCUT2D eigenvalue weighted by Crippen LogP contribution is 2.17. The molecule has 1 aromatic heterocycles.